The first-order valence-corrected chi connectivity index (χ1v) is 12.7. The molecule has 0 aliphatic carbocycles. The van der Waals surface area contributed by atoms with Gasteiger partial charge in [-0.3, -0.25) is 4.55 Å². The van der Waals surface area contributed by atoms with Gasteiger partial charge in [0.1, 0.15) is 0 Å². The van der Waals surface area contributed by atoms with Crippen LogP contribution >= 0.6 is 0 Å². The van der Waals surface area contributed by atoms with Crippen LogP contribution in [0.15, 0.2) is 0 Å². The average molecular weight is 393 g/mol. The molecule has 0 amide bonds. The molecule has 1 unspecified atom stereocenters. The largest absolute Gasteiger partial charge is 0.393 e. The molecule has 0 aliphatic heterocycles. The normalized spacial score (nSPS) is 13.2. The highest BCUT2D eigenvalue weighted by Crippen LogP contribution is 2.14. The Labute approximate surface area is 162 Å². The molecule has 0 heterocycles. The highest BCUT2D eigenvalue weighted by molar-refractivity contribution is 7.85. The second-order valence-corrected chi connectivity index (χ2v) is 9.37. The van der Waals surface area contributed by atoms with Crippen molar-refractivity contribution in [1.29, 1.82) is 0 Å². The van der Waals surface area contributed by atoms with Crippen molar-refractivity contribution in [3.63, 3.8) is 0 Å². The Hall–Kier alpha value is -0.130. The lowest BCUT2D eigenvalue weighted by atomic mass is 10.0. The van der Waals surface area contributed by atoms with Gasteiger partial charge in [0.2, 0.25) is 0 Å². The fraction of sp³-hybridized carbons (Fsp3) is 1.00. The molecule has 2 N–H and O–H groups in total. The molecule has 158 valence electrons. The van der Waals surface area contributed by atoms with Gasteiger partial charge in [-0.15, -0.1) is 0 Å². The maximum atomic E-state index is 10.6. The first kappa shape index (κ1) is 25.9. The van der Waals surface area contributed by atoms with E-state index in [0.29, 0.717) is 6.42 Å². The van der Waals surface area contributed by atoms with Crippen LogP contribution in [-0.2, 0) is 10.1 Å². The summed E-state index contributed by atoms with van der Waals surface area (Å²) in [6, 6.07) is 0. The zero-order chi connectivity index (χ0) is 19.5. The van der Waals surface area contributed by atoms with Crippen molar-refractivity contribution < 1.29 is 18.1 Å². The Morgan fingerprint density at radius 1 is 0.615 bits per heavy atom. The van der Waals surface area contributed by atoms with Gasteiger partial charge >= 0.3 is 0 Å². The molecular formula is C21H44O4S. The topological polar surface area (TPSA) is 74.6 Å². The van der Waals surface area contributed by atoms with Gasteiger partial charge in [-0.2, -0.15) is 8.42 Å². The number of hydrogen-bond donors (Lipinski definition) is 2. The standard InChI is InChI=1S/C21H44O4S/c1-2-21(22)19-17-15-13-11-9-7-5-3-4-6-8-10-12-14-16-18-20-26(23,24)25/h21-22H,2-20H2,1H3,(H,23,24,25). The number of rotatable bonds is 20. The van der Waals surface area contributed by atoms with Crippen LogP contribution in [0.1, 0.15) is 122 Å². The SMILES string of the molecule is CCC(O)CCCCCCCCCCCCCCCCCCS(=O)(=O)O. The average Bonchev–Trinajstić information content (AvgIpc) is 2.59. The van der Waals surface area contributed by atoms with Crippen molar-refractivity contribution in [2.45, 2.75) is 129 Å². The summed E-state index contributed by atoms with van der Waals surface area (Å²) in [4.78, 5) is 0. The molecule has 4 nitrogen and oxygen atoms in total. The zero-order valence-corrected chi connectivity index (χ0v) is 17.9. The molecule has 0 rings (SSSR count). The number of aliphatic hydroxyl groups is 1. The van der Waals surface area contributed by atoms with Crippen LogP contribution in [-0.4, -0.2) is 29.9 Å². The molecule has 0 radical (unpaired) electrons. The van der Waals surface area contributed by atoms with Crippen molar-refractivity contribution in [3.8, 4) is 0 Å². The quantitative estimate of drug-likeness (QED) is 0.189. The monoisotopic (exact) mass is 392 g/mol. The van der Waals surface area contributed by atoms with Gasteiger partial charge in [0.15, 0.2) is 0 Å². The Morgan fingerprint density at radius 3 is 1.23 bits per heavy atom. The third-order valence-corrected chi connectivity index (χ3v) is 5.97. The highest BCUT2D eigenvalue weighted by atomic mass is 32.2. The van der Waals surface area contributed by atoms with Gasteiger partial charge in [-0.1, -0.05) is 103 Å². The zero-order valence-electron chi connectivity index (χ0n) is 17.1. The Kier molecular flexibility index (Phi) is 18.2. The summed E-state index contributed by atoms with van der Waals surface area (Å²) in [5.41, 5.74) is 0. The van der Waals surface area contributed by atoms with Crippen LogP contribution in [0.4, 0.5) is 0 Å². The molecule has 1 atom stereocenters. The van der Waals surface area contributed by atoms with E-state index in [2.05, 4.69) is 0 Å². The maximum Gasteiger partial charge on any atom is 0.264 e. The van der Waals surface area contributed by atoms with E-state index in [-0.39, 0.29) is 11.9 Å². The van der Waals surface area contributed by atoms with Crippen molar-refractivity contribution in [3.05, 3.63) is 0 Å². The van der Waals surface area contributed by atoms with Gasteiger partial charge in [0, 0.05) is 0 Å². The minimum atomic E-state index is -3.76. The Balaban J connectivity index is 3.07. The van der Waals surface area contributed by atoms with Crippen LogP contribution in [0.5, 0.6) is 0 Å². The van der Waals surface area contributed by atoms with E-state index >= 15 is 0 Å². The lowest BCUT2D eigenvalue weighted by molar-refractivity contribution is 0.156. The summed E-state index contributed by atoms with van der Waals surface area (Å²) in [5, 5.41) is 9.48. The summed E-state index contributed by atoms with van der Waals surface area (Å²) in [5.74, 6) is -0.0883. The molecule has 0 aliphatic rings. The third-order valence-electron chi connectivity index (χ3n) is 5.16. The van der Waals surface area contributed by atoms with E-state index < -0.39 is 10.1 Å². The lowest BCUT2D eigenvalue weighted by Gasteiger charge is -2.06. The molecule has 0 aromatic rings. The van der Waals surface area contributed by atoms with Crippen LogP contribution in [0.3, 0.4) is 0 Å². The van der Waals surface area contributed by atoms with Crippen molar-refractivity contribution in [1.82, 2.24) is 0 Å². The fourth-order valence-corrected chi connectivity index (χ4v) is 3.91. The van der Waals surface area contributed by atoms with Crippen LogP contribution in [0.25, 0.3) is 0 Å². The molecule has 5 heteroatoms. The molecule has 0 aromatic carbocycles. The molecule has 0 bridgehead atoms. The number of aliphatic hydroxyl groups excluding tert-OH is 1. The minimum absolute atomic E-state index is 0.0833. The fourth-order valence-electron chi connectivity index (χ4n) is 3.34. The van der Waals surface area contributed by atoms with E-state index in [4.69, 9.17) is 4.55 Å². The summed E-state index contributed by atoms with van der Waals surface area (Å²) < 4.78 is 29.8. The molecule has 0 saturated carbocycles. The number of hydrogen-bond acceptors (Lipinski definition) is 3. The van der Waals surface area contributed by atoms with Crippen LogP contribution in [0, 0.1) is 0 Å². The molecule has 0 aromatic heterocycles. The van der Waals surface area contributed by atoms with E-state index in [9.17, 15) is 13.5 Å². The van der Waals surface area contributed by atoms with Gasteiger partial charge in [-0.25, -0.2) is 0 Å². The lowest BCUT2D eigenvalue weighted by Crippen LogP contribution is -2.03. The van der Waals surface area contributed by atoms with Crippen molar-refractivity contribution in [2.75, 3.05) is 5.75 Å². The second-order valence-electron chi connectivity index (χ2n) is 7.79. The van der Waals surface area contributed by atoms with Crippen LogP contribution in [0.2, 0.25) is 0 Å². The predicted molar refractivity (Wildman–Crippen MR) is 111 cm³/mol. The van der Waals surface area contributed by atoms with E-state index in [1.54, 1.807) is 0 Å². The van der Waals surface area contributed by atoms with Crippen molar-refractivity contribution in [2.24, 2.45) is 0 Å². The Bertz CT molecular complexity index is 381. The number of unbranched alkanes of at least 4 members (excludes halogenated alkanes) is 15. The third kappa shape index (κ3) is 21.9. The van der Waals surface area contributed by atoms with Gasteiger partial charge < -0.3 is 5.11 Å². The first-order chi connectivity index (χ1) is 12.5. The second kappa shape index (κ2) is 18.2. The van der Waals surface area contributed by atoms with Crippen molar-refractivity contribution >= 4 is 10.1 Å². The predicted octanol–water partition coefficient (Wildman–Crippen LogP) is 6.28. The van der Waals surface area contributed by atoms with E-state index in [0.717, 1.165) is 25.7 Å². The molecule has 0 fully saturated rings. The molecule has 0 spiro atoms. The van der Waals surface area contributed by atoms with E-state index in [1.165, 1.54) is 83.5 Å². The Morgan fingerprint density at radius 2 is 0.923 bits per heavy atom. The molecule has 26 heavy (non-hydrogen) atoms. The maximum absolute atomic E-state index is 10.6. The van der Waals surface area contributed by atoms with Gasteiger partial charge in [-0.05, 0) is 19.3 Å². The molecular weight excluding hydrogens is 348 g/mol. The molecule has 0 saturated heterocycles. The smallest absolute Gasteiger partial charge is 0.264 e. The summed E-state index contributed by atoms with van der Waals surface area (Å²) in [6.07, 6.45) is 21.3. The minimum Gasteiger partial charge on any atom is -0.393 e. The van der Waals surface area contributed by atoms with Crippen LogP contribution < -0.4 is 0 Å². The highest BCUT2D eigenvalue weighted by Gasteiger charge is 2.03. The van der Waals surface area contributed by atoms with Gasteiger partial charge in [0.05, 0.1) is 11.9 Å². The summed E-state index contributed by atoms with van der Waals surface area (Å²) >= 11 is 0. The summed E-state index contributed by atoms with van der Waals surface area (Å²) in [6.45, 7) is 2.04. The van der Waals surface area contributed by atoms with E-state index in [1.807, 2.05) is 6.92 Å². The summed E-state index contributed by atoms with van der Waals surface area (Å²) in [7, 11) is -3.76. The first-order valence-electron chi connectivity index (χ1n) is 11.1. The van der Waals surface area contributed by atoms with Gasteiger partial charge in [0.25, 0.3) is 10.1 Å².